The number of unbranched alkanes of at least 4 members (excludes halogenated alkanes) is 1. The maximum absolute atomic E-state index is 11.8. The number of carbonyl (C=O) groups excluding carboxylic acids is 3. The number of carboxylic acids is 3. The van der Waals surface area contributed by atoms with Gasteiger partial charge in [0.15, 0.2) is 5.75 Å². The molecule has 1 aliphatic rings. The van der Waals surface area contributed by atoms with E-state index in [0.29, 0.717) is 77.2 Å². The van der Waals surface area contributed by atoms with Crippen molar-refractivity contribution in [2.75, 3.05) is 85.1 Å². The van der Waals surface area contributed by atoms with Crippen molar-refractivity contribution in [2.45, 2.75) is 26.2 Å². The third kappa shape index (κ3) is 10.6. The van der Waals surface area contributed by atoms with Crippen LogP contribution in [0, 0.1) is 0 Å². The molecule has 2 rings (SSSR count). The predicted octanol–water partition coefficient (Wildman–Crippen LogP) is -5.52. The third-order valence-corrected chi connectivity index (χ3v) is 6.39. The quantitative estimate of drug-likeness (QED) is 0.177. The number of aliphatic carboxylic acids is 3. The van der Waals surface area contributed by atoms with Crippen molar-refractivity contribution >= 4 is 17.9 Å². The van der Waals surface area contributed by atoms with Crippen LogP contribution in [0.1, 0.15) is 25.3 Å². The van der Waals surface area contributed by atoms with E-state index in [9.17, 15) is 39.3 Å². The maximum atomic E-state index is 11.8. The SMILES string of the molecule is CCOc1c(CCCCN2CCN(CC(=O)[O-])CCN(CC(=O)[O-])CCN(CC(=O)[O-])CC2)c(=O)c1=O. The minimum absolute atomic E-state index is 0.155. The summed E-state index contributed by atoms with van der Waals surface area (Å²) in [7, 11) is 0. The monoisotopic (exact) mass is 523 g/mol. The largest absolute Gasteiger partial charge is 0.549 e. The van der Waals surface area contributed by atoms with Gasteiger partial charge in [-0.2, -0.15) is 0 Å². The predicted molar refractivity (Wildman–Crippen MR) is 126 cm³/mol. The molecule has 0 aromatic heterocycles. The summed E-state index contributed by atoms with van der Waals surface area (Å²) in [5, 5.41) is 33.6. The third-order valence-electron chi connectivity index (χ3n) is 6.39. The van der Waals surface area contributed by atoms with E-state index in [4.69, 9.17) is 4.74 Å². The number of rotatable bonds is 13. The highest BCUT2D eigenvalue weighted by molar-refractivity contribution is 5.67. The van der Waals surface area contributed by atoms with Gasteiger partial charge in [-0.25, -0.2) is 0 Å². The van der Waals surface area contributed by atoms with Gasteiger partial charge in [0, 0.05) is 77.6 Å². The molecule has 0 saturated carbocycles. The first kappa shape index (κ1) is 30.4. The molecule has 1 saturated heterocycles. The summed E-state index contributed by atoms with van der Waals surface area (Å²) in [4.78, 5) is 64.1. The molecule has 0 radical (unpaired) electrons. The Kier molecular flexibility index (Phi) is 12.6. The highest BCUT2D eigenvalue weighted by Gasteiger charge is 2.22. The van der Waals surface area contributed by atoms with Gasteiger partial charge in [0.05, 0.1) is 24.5 Å². The number of carboxylic acid groups (broad SMARTS) is 3. The van der Waals surface area contributed by atoms with Gasteiger partial charge >= 0.3 is 0 Å². The summed E-state index contributed by atoms with van der Waals surface area (Å²) in [6.07, 6.45) is 1.77. The van der Waals surface area contributed by atoms with Gasteiger partial charge in [-0.3, -0.25) is 24.3 Å². The maximum Gasteiger partial charge on any atom is 0.268 e. The highest BCUT2D eigenvalue weighted by Crippen LogP contribution is 2.14. The molecule has 0 bridgehead atoms. The van der Waals surface area contributed by atoms with E-state index in [1.807, 2.05) is 0 Å². The molecule has 0 N–H and O–H groups in total. The lowest BCUT2D eigenvalue weighted by molar-refractivity contribution is -0.308. The molecule has 13 heteroatoms. The Hall–Kier alpha value is -2.87. The van der Waals surface area contributed by atoms with Crippen LogP contribution in [0.5, 0.6) is 5.75 Å². The second kappa shape index (κ2) is 15.4. The van der Waals surface area contributed by atoms with Gasteiger partial charge in [0.2, 0.25) is 5.43 Å². The first-order valence-corrected chi connectivity index (χ1v) is 12.5. The lowest BCUT2D eigenvalue weighted by Gasteiger charge is -2.34. The van der Waals surface area contributed by atoms with Crippen LogP contribution in [-0.2, 0) is 20.8 Å². The van der Waals surface area contributed by atoms with Crippen molar-refractivity contribution in [3.63, 3.8) is 0 Å². The Balaban J connectivity index is 2.02. The molecule has 1 heterocycles. The zero-order valence-corrected chi connectivity index (χ0v) is 21.3. The van der Waals surface area contributed by atoms with Crippen molar-refractivity contribution in [2.24, 2.45) is 0 Å². The molecular formula is C24H35N4O9-3. The van der Waals surface area contributed by atoms with Crippen LogP contribution in [0.15, 0.2) is 9.59 Å². The van der Waals surface area contributed by atoms with E-state index in [0.717, 1.165) is 0 Å². The summed E-state index contributed by atoms with van der Waals surface area (Å²) < 4.78 is 5.26. The summed E-state index contributed by atoms with van der Waals surface area (Å²) in [6, 6.07) is 0. The molecule has 1 aliphatic heterocycles. The van der Waals surface area contributed by atoms with Gasteiger partial charge in [-0.05, 0) is 32.7 Å². The molecule has 13 nitrogen and oxygen atoms in total. The number of ether oxygens (including phenoxy) is 1. The second-order valence-electron chi connectivity index (χ2n) is 9.14. The van der Waals surface area contributed by atoms with Gasteiger partial charge in [-0.1, -0.05) is 0 Å². The molecular weight excluding hydrogens is 488 g/mol. The average Bonchev–Trinajstić information content (AvgIpc) is 2.82. The fourth-order valence-corrected chi connectivity index (χ4v) is 4.40. The number of hydrogen-bond donors (Lipinski definition) is 0. The van der Waals surface area contributed by atoms with Gasteiger partial charge in [0.1, 0.15) is 0 Å². The van der Waals surface area contributed by atoms with E-state index in [-0.39, 0.29) is 38.5 Å². The van der Waals surface area contributed by atoms with Crippen molar-refractivity contribution in [3.8, 4) is 5.75 Å². The number of carbonyl (C=O) groups is 3. The number of nitrogens with zero attached hydrogens (tertiary/aromatic N) is 4. The van der Waals surface area contributed by atoms with E-state index < -0.39 is 28.8 Å². The Labute approximate surface area is 215 Å². The van der Waals surface area contributed by atoms with Crippen LogP contribution in [0.25, 0.3) is 0 Å². The minimum atomic E-state index is -1.27. The first-order valence-electron chi connectivity index (χ1n) is 12.5. The zero-order chi connectivity index (χ0) is 27.4. The van der Waals surface area contributed by atoms with E-state index >= 15 is 0 Å². The van der Waals surface area contributed by atoms with E-state index in [2.05, 4.69) is 4.90 Å². The highest BCUT2D eigenvalue weighted by atomic mass is 16.5. The van der Waals surface area contributed by atoms with Crippen LogP contribution in [0.2, 0.25) is 0 Å². The molecule has 1 fully saturated rings. The molecule has 0 atom stereocenters. The topological polar surface area (TPSA) is 177 Å². The zero-order valence-electron chi connectivity index (χ0n) is 21.3. The Morgan fingerprint density at radius 2 is 1.08 bits per heavy atom. The summed E-state index contributed by atoms with van der Waals surface area (Å²) >= 11 is 0. The van der Waals surface area contributed by atoms with Gasteiger partial charge in [0.25, 0.3) is 5.43 Å². The Morgan fingerprint density at radius 1 is 0.676 bits per heavy atom. The van der Waals surface area contributed by atoms with Gasteiger partial charge in [-0.15, -0.1) is 0 Å². The van der Waals surface area contributed by atoms with Gasteiger partial charge < -0.3 is 39.3 Å². The lowest BCUT2D eigenvalue weighted by atomic mass is 10.0. The summed E-state index contributed by atoms with van der Waals surface area (Å²) in [5.41, 5.74) is -0.667. The van der Waals surface area contributed by atoms with Crippen LogP contribution in [0.3, 0.4) is 0 Å². The molecule has 208 valence electrons. The molecule has 1 aromatic carbocycles. The van der Waals surface area contributed by atoms with E-state index in [1.54, 1.807) is 21.6 Å². The molecule has 0 aliphatic carbocycles. The first-order chi connectivity index (χ1) is 17.6. The average molecular weight is 524 g/mol. The fourth-order valence-electron chi connectivity index (χ4n) is 4.40. The standard InChI is InChI=1S/C24H38N4O9/c1-2-37-24-18(22(35)23(24)36)5-3-4-6-25-7-9-26(15-19(29)30)11-13-28(17-21(33)34)14-12-27(10-8-25)16-20(31)32/h2-17H2,1H3,(H,29,30)(H,31,32)(H,33,34)/p-3. The minimum Gasteiger partial charge on any atom is -0.549 e. The molecule has 0 amide bonds. The molecule has 1 aromatic rings. The van der Waals surface area contributed by atoms with Crippen LogP contribution < -0.4 is 30.9 Å². The molecule has 0 unspecified atom stereocenters. The van der Waals surface area contributed by atoms with E-state index in [1.165, 1.54) is 0 Å². The normalized spacial score (nSPS) is 17.8. The number of hydrogen-bond acceptors (Lipinski definition) is 13. The smallest absolute Gasteiger partial charge is 0.268 e. The van der Waals surface area contributed by atoms with Crippen molar-refractivity contribution < 1.29 is 34.4 Å². The Bertz CT molecular complexity index is 944. The molecule has 0 spiro atoms. The Morgan fingerprint density at radius 3 is 1.46 bits per heavy atom. The fraction of sp³-hybridized carbons (Fsp3) is 0.708. The summed E-state index contributed by atoms with van der Waals surface area (Å²) in [5.74, 6) is -3.58. The lowest BCUT2D eigenvalue weighted by Crippen LogP contribution is -2.51. The summed E-state index contributed by atoms with van der Waals surface area (Å²) in [6.45, 7) is 4.62. The van der Waals surface area contributed by atoms with Crippen molar-refractivity contribution in [1.82, 2.24) is 19.6 Å². The van der Waals surface area contributed by atoms with Crippen molar-refractivity contribution in [1.29, 1.82) is 0 Å². The van der Waals surface area contributed by atoms with Crippen LogP contribution in [0.4, 0.5) is 0 Å². The van der Waals surface area contributed by atoms with Crippen LogP contribution in [-0.4, -0.2) is 123 Å². The van der Waals surface area contributed by atoms with Crippen LogP contribution >= 0.6 is 0 Å². The molecule has 37 heavy (non-hydrogen) atoms. The van der Waals surface area contributed by atoms with Crippen molar-refractivity contribution in [3.05, 3.63) is 26.0 Å². The second-order valence-corrected chi connectivity index (χ2v) is 9.14.